The Bertz CT molecular complexity index is 681. The van der Waals surface area contributed by atoms with Gasteiger partial charge in [0.2, 0.25) is 5.91 Å². The van der Waals surface area contributed by atoms with Crippen LogP contribution in [0.1, 0.15) is 36.8 Å². The first-order valence-electron chi connectivity index (χ1n) is 9.82. The zero-order valence-electron chi connectivity index (χ0n) is 16.3. The van der Waals surface area contributed by atoms with E-state index in [1.54, 1.807) is 34.9 Å². The Morgan fingerprint density at radius 1 is 1.28 bits per heavy atom. The second-order valence-electron chi connectivity index (χ2n) is 7.09. The highest BCUT2D eigenvalue weighted by atomic mass is 32.2. The lowest BCUT2D eigenvalue weighted by molar-refractivity contribution is -0.137. The van der Waals surface area contributed by atoms with E-state index in [0.717, 1.165) is 36.5 Å². The van der Waals surface area contributed by atoms with Crippen LogP contribution in [0.4, 0.5) is 13.2 Å². The average molecular weight is 432 g/mol. The number of hydrogen-bond donors (Lipinski definition) is 2. The largest absolute Gasteiger partial charge is 0.416 e. The van der Waals surface area contributed by atoms with Crippen LogP contribution in [0.15, 0.2) is 36.4 Å². The van der Waals surface area contributed by atoms with Gasteiger partial charge in [0.05, 0.1) is 17.7 Å². The van der Waals surface area contributed by atoms with Crippen molar-refractivity contribution in [2.75, 3.05) is 24.7 Å². The van der Waals surface area contributed by atoms with E-state index in [-0.39, 0.29) is 25.0 Å². The van der Waals surface area contributed by atoms with Gasteiger partial charge in [-0.1, -0.05) is 30.4 Å². The highest BCUT2D eigenvalue weighted by molar-refractivity contribution is 7.99. The van der Waals surface area contributed by atoms with Crippen molar-refractivity contribution in [3.8, 4) is 0 Å². The van der Waals surface area contributed by atoms with E-state index < -0.39 is 17.8 Å². The highest BCUT2D eigenvalue weighted by Gasteiger charge is 2.30. The van der Waals surface area contributed by atoms with Crippen LogP contribution in [-0.4, -0.2) is 57.8 Å². The molecule has 1 aromatic carbocycles. The predicted molar refractivity (Wildman–Crippen MR) is 109 cm³/mol. The van der Waals surface area contributed by atoms with Gasteiger partial charge in [-0.3, -0.25) is 4.79 Å². The van der Waals surface area contributed by atoms with Gasteiger partial charge in [0.15, 0.2) is 0 Å². The predicted octanol–water partition coefficient (Wildman–Crippen LogP) is 3.66. The molecule has 29 heavy (non-hydrogen) atoms. The van der Waals surface area contributed by atoms with Crippen molar-refractivity contribution in [1.29, 1.82) is 0 Å². The van der Waals surface area contributed by atoms with Gasteiger partial charge < -0.3 is 15.1 Å². The number of alkyl halides is 3. The summed E-state index contributed by atoms with van der Waals surface area (Å²) in [4.78, 5) is 13.9. The molecule has 1 saturated heterocycles. The number of nitrogens with zero attached hydrogens (tertiary/aromatic N) is 1. The van der Waals surface area contributed by atoms with Crippen molar-refractivity contribution in [3.63, 3.8) is 0 Å². The van der Waals surface area contributed by atoms with Gasteiger partial charge in [0.1, 0.15) is 0 Å². The number of amides is 1. The topological polar surface area (TPSA) is 60.8 Å². The number of hydrogen-bond acceptors (Lipinski definition) is 4. The molecule has 4 nitrogen and oxygen atoms in total. The van der Waals surface area contributed by atoms with Crippen molar-refractivity contribution >= 4 is 17.7 Å². The number of carbonyl (C=O) groups excluding carboxylic acids is 1. The molecule has 0 aliphatic carbocycles. The molecule has 0 radical (unpaired) electrons. The Morgan fingerprint density at radius 3 is 2.79 bits per heavy atom. The van der Waals surface area contributed by atoms with Crippen molar-refractivity contribution in [2.24, 2.45) is 0 Å². The summed E-state index contributed by atoms with van der Waals surface area (Å²) in [5.74, 6) is 1.84. The lowest BCUT2D eigenvalue weighted by atomic mass is 10.0. The van der Waals surface area contributed by atoms with E-state index in [9.17, 15) is 23.1 Å². The number of carbonyl (C=O) groups is 1. The van der Waals surface area contributed by atoms with Crippen molar-refractivity contribution in [2.45, 2.75) is 50.4 Å². The zero-order chi connectivity index (χ0) is 21.3. The van der Waals surface area contributed by atoms with Crippen LogP contribution in [0, 0.1) is 0 Å². The molecule has 0 unspecified atom stereocenters. The normalized spacial score (nSPS) is 18.7. The molecule has 1 aliphatic heterocycles. The minimum Gasteiger partial charge on any atom is -0.396 e. The minimum atomic E-state index is -4.41. The molecular weight excluding hydrogens is 403 g/mol. The number of rotatable bonds is 11. The Morgan fingerprint density at radius 2 is 2.07 bits per heavy atom. The quantitative estimate of drug-likeness (QED) is 0.415. The molecule has 0 aromatic heterocycles. The third kappa shape index (κ3) is 8.03. The molecule has 1 fully saturated rings. The molecule has 0 bridgehead atoms. The van der Waals surface area contributed by atoms with Gasteiger partial charge in [-0.25, -0.2) is 0 Å². The van der Waals surface area contributed by atoms with Gasteiger partial charge in [-0.15, -0.1) is 0 Å². The Kier molecular flexibility index (Phi) is 9.52. The Balaban J connectivity index is 1.84. The molecule has 0 saturated carbocycles. The molecule has 1 aromatic rings. The standard InChI is InChI=1S/C21H28F3NO3S/c22-21(23,24)17-5-3-4-16(14-17)15-19(27)8-6-18-7-9-20(28)25(18)10-13-29-12-2-1-11-26/h3-6,8,14,18-19,26-27H,1-2,7,9-13,15H2/b8-6+/t18-,19+/m0/s1. The first kappa shape index (κ1) is 23.8. The Hall–Kier alpha value is -1.51. The molecular formula is C21H28F3NO3S. The Labute approximate surface area is 173 Å². The summed E-state index contributed by atoms with van der Waals surface area (Å²) < 4.78 is 38.4. The lowest BCUT2D eigenvalue weighted by Gasteiger charge is -2.22. The SMILES string of the molecule is O=C1CC[C@H](/C=C/[C@@H](O)Cc2cccc(C(F)(F)F)c2)N1CCSCCCCO. The van der Waals surface area contributed by atoms with Crippen LogP contribution in [0.2, 0.25) is 0 Å². The van der Waals surface area contributed by atoms with Crippen LogP contribution in [0.5, 0.6) is 0 Å². The molecule has 162 valence electrons. The fraction of sp³-hybridized carbons (Fsp3) is 0.571. The van der Waals surface area contributed by atoms with Gasteiger partial charge in [-0.05, 0) is 36.6 Å². The highest BCUT2D eigenvalue weighted by Crippen LogP contribution is 2.29. The maximum atomic E-state index is 12.8. The maximum Gasteiger partial charge on any atom is 0.416 e. The van der Waals surface area contributed by atoms with Crippen molar-refractivity contribution < 1.29 is 28.2 Å². The van der Waals surface area contributed by atoms with E-state index >= 15 is 0 Å². The van der Waals surface area contributed by atoms with Crippen LogP contribution in [-0.2, 0) is 17.4 Å². The number of likely N-dealkylation sites (tertiary alicyclic amines) is 1. The summed E-state index contributed by atoms with van der Waals surface area (Å²) in [6.07, 6.45) is 1.01. The second-order valence-corrected chi connectivity index (χ2v) is 8.32. The third-order valence-electron chi connectivity index (χ3n) is 4.80. The molecule has 8 heteroatoms. The zero-order valence-corrected chi connectivity index (χ0v) is 17.1. The number of aliphatic hydroxyl groups excluding tert-OH is 2. The molecule has 2 N–H and O–H groups in total. The van der Waals surface area contributed by atoms with Gasteiger partial charge in [0, 0.05) is 31.7 Å². The monoisotopic (exact) mass is 431 g/mol. The van der Waals surface area contributed by atoms with Crippen LogP contribution in [0.25, 0.3) is 0 Å². The van der Waals surface area contributed by atoms with Gasteiger partial charge in [-0.2, -0.15) is 24.9 Å². The fourth-order valence-corrected chi connectivity index (χ4v) is 4.21. The molecule has 2 rings (SSSR count). The minimum absolute atomic E-state index is 0.0851. The number of aliphatic hydroxyl groups is 2. The smallest absolute Gasteiger partial charge is 0.396 e. The van der Waals surface area contributed by atoms with Crippen LogP contribution in [0.3, 0.4) is 0 Å². The third-order valence-corrected chi connectivity index (χ3v) is 5.85. The molecule has 2 atom stereocenters. The lowest BCUT2D eigenvalue weighted by Crippen LogP contribution is -2.34. The maximum absolute atomic E-state index is 12.8. The number of thioether (sulfide) groups is 1. The fourth-order valence-electron chi connectivity index (χ4n) is 3.27. The first-order chi connectivity index (χ1) is 13.8. The van der Waals surface area contributed by atoms with E-state index in [1.165, 1.54) is 6.07 Å². The van der Waals surface area contributed by atoms with E-state index in [1.807, 2.05) is 0 Å². The van der Waals surface area contributed by atoms with E-state index in [0.29, 0.717) is 24.9 Å². The van der Waals surface area contributed by atoms with Crippen LogP contribution < -0.4 is 0 Å². The number of halogens is 3. The summed E-state index contributed by atoms with van der Waals surface area (Å²) in [6, 6.07) is 4.87. The summed E-state index contributed by atoms with van der Waals surface area (Å²) in [5, 5.41) is 19.0. The first-order valence-corrected chi connectivity index (χ1v) is 11.0. The summed E-state index contributed by atoms with van der Waals surface area (Å²) in [5.41, 5.74) is -0.314. The van der Waals surface area contributed by atoms with Crippen molar-refractivity contribution in [1.82, 2.24) is 4.90 Å². The second kappa shape index (κ2) is 11.6. The van der Waals surface area contributed by atoms with Gasteiger partial charge >= 0.3 is 6.18 Å². The van der Waals surface area contributed by atoms with E-state index in [4.69, 9.17) is 5.11 Å². The summed E-state index contributed by atoms with van der Waals surface area (Å²) >= 11 is 1.74. The number of unbranched alkanes of at least 4 members (excludes halogenated alkanes) is 1. The number of benzene rings is 1. The molecule has 0 spiro atoms. The van der Waals surface area contributed by atoms with E-state index in [2.05, 4.69) is 0 Å². The average Bonchev–Trinajstić information content (AvgIpc) is 3.02. The summed E-state index contributed by atoms with van der Waals surface area (Å²) in [6.45, 7) is 0.822. The van der Waals surface area contributed by atoms with Crippen molar-refractivity contribution in [3.05, 3.63) is 47.5 Å². The van der Waals surface area contributed by atoms with Crippen LogP contribution >= 0.6 is 11.8 Å². The van der Waals surface area contributed by atoms with Gasteiger partial charge in [0.25, 0.3) is 0 Å². The molecule has 1 amide bonds. The molecule has 1 heterocycles. The molecule has 1 aliphatic rings. The summed E-state index contributed by atoms with van der Waals surface area (Å²) in [7, 11) is 0.